The van der Waals surface area contributed by atoms with Crippen molar-refractivity contribution in [1.29, 1.82) is 0 Å². The highest BCUT2D eigenvalue weighted by Crippen LogP contribution is 2.19. The van der Waals surface area contributed by atoms with Crippen LogP contribution in [0.4, 0.5) is 0 Å². The Bertz CT molecular complexity index is 197. The Morgan fingerprint density at radius 3 is 2.60 bits per heavy atom. The lowest BCUT2D eigenvalue weighted by molar-refractivity contribution is 0.184. The molecule has 0 spiro atoms. The summed E-state index contributed by atoms with van der Waals surface area (Å²) < 4.78 is 0. The summed E-state index contributed by atoms with van der Waals surface area (Å²) in [5.74, 6) is 0.815. The number of likely N-dealkylation sites (tertiary alicyclic amines) is 1. The third-order valence-electron chi connectivity index (χ3n) is 2.86. The molecule has 0 aromatic heterocycles. The van der Waals surface area contributed by atoms with Gasteiger partial charge in [-0.2, -0.15) is 0 Å². The van der Waals surface area contributed by atoms with Crippen LogP contribution in [0.25, 0.3) is 10.4 Å². The standard InChI is InChI=1S/C9H19N5.ClH/c10-4-1-9-2-6-14(7-3-9)8-5-12-13-11;/h9H,1-8,10H2;1H. The van der Waals surface area contributed by atoms with Gasteiger partial charge < -0.3 is 10.6 Å². The maximum absolute atomic E-state index is 8.13. The Morgan fingerprint density at radius 2 is 2.07 bits per heavy atom. The van der Waals surface area contributed by atoms with E-state index in [4.69, 9.17) is 11.3 Å². The van der Waals surface area contributed by atoms with Gasteiger partial charge in [0.05, 0.1) is 0 Å². The van der Waals surface area contributed by atoms with Crippen LogP contribution in [0, 0.1) is 5.92 Å². The van der Waals surface area contributed by atoms with E-state index in [1.54, 1.807) is 0 Å². The molecule has 0 radical (unpaired) electrons. The second kappa shape index (κ2) is 8.80. The van der Waals surface area contributed by atoms with Crippen LogP contribution < -0.4 is 5.73 Å². The number of nitrogens with two attached hydrogens (primary N) is 1. The molecular weight excluding hydrogens is 214 g/mol. The normalized spacial score (nSPS) is 17.9. The van der Waals surface area contributed by atoms with Gasteiger partial charge in [0.1, 0.15) is 0 Å². The molecule has 1 aliphatic heterocycles. The van der Waals surface area contributed by atoms with Crippen LogP contribution in [0.2, 0.25) is 0 Å². The first-order valence-corrected chi connectivity index (χ1v) is 5.30. The van der Waals surface area contributed by atoms with Crippen molar-refractivity contribution in [2.24, 2.45) is 16.8 Å². The summed E-state index contributed by atoms with van der Waals surface area (Å²) in [6.07, 6.45) is 3.64. The number of piperidine rings is 1. The molecule has 0 amide bonds. The van der Waals surface area contributed by atoms with Crippen molar-refractivity contribution < 1.29 is 0 Å². The number of nitrogens with zero attached hydrogens (tertiary/aromatic N) is 4. The van der Waals surface area contributed by atoms with E-state index in [0.29, 0.717) is 6.54 Å². The average molecular weight is 234 g/mol. The topological polar surface area (TPSA) is 78.0 Å². The Labute approximate surface area is 97.0 Å². The van der Waals surface area contributed by atoms with Crippen LogP contribution in [0.5, 0.6) is 0 Å². The fraction of sp³-hybridized carbons (Fsp3) is 1.00. The Morgan fingerprint density at radius 1 is 1.40 bits per heavy atom. The first-order chi connectivity index (χ1) is 6.86. The summed E-state index contributed by atoms with van der Waals surface area (Å²) in [5, 5.41) is 3.54. The van der Waals surface area contributed by atoms with E-state index in [1.165, 1.54) is 12.8 Å². The summed E-state index contributed by atoms with van der Waals surface area (Å²) in [5.41, 5.74) is 13.7. The number of rotatable bonds is 5. The van der Waals surface area contributed by atoms with E-state index in [-0.39, 0.29) is 12.4 Å². The summed E-state index contributed by atoms with van der Waals surface area (Å²) in [6, 6.07) is 0. The summed E-state index contributed by atoms with van der Waals surface area (Å²) in [6.45, 7) is 4.57. The third-order valence-corrected chi connectivity index (χ3v) is 2.86. The molecule has 0 bridgehead atoms. The van der Waals surface area contributed by atoms with Crippen LogP contribution >= 0.6 is 12.4 Å². The lowest BCUT2D eigenvalue weighted by Crippen LogP contribution is -2.35. The predicted molar refractivity (Wildman–Crippen MR) is 64.1 cm³/mol. The summed E-state index contributed by atoms with van der Waals surface area (Å²) in [4.78, 5) is 5.11. The highest BCUT2D eigenvalue weighted by Gasteiger charge is 2.17. The molecule has 0 aromatic rings. The van der Waals surface area contributed by atoms with Gasteiger partial charge in [0.2, 0.25) is 0 Å². The molecular formula is C9H20ClN5. The second-order valence-corrected chi connectivity index (χ2v) is 3.82. The SMILES string of the molecule is Cl.[N-]=[N+]=NCCN1CCC(CCN)CC1. The van der Waals surface area contributed by atoms with Crippen LogP contribution in [-0.2, 0) is 0 Å². The minimum Gasteiger partial charge on any atom is -0.330 e. The lowest BCUT2D eigenvalue weighted by Gasteiger charge is -2.31. The third kappa shape index (κ3) is 5.85. The molecule has 2 N–H and O–H groups in total. The van der Waals surface area contributed by atoms with E-state index in [0.717, 1.165) is 38.5 Å². The number of halogens is 1. The Hall–Kier alpha value is -0.480. The van der Waals surface area contributed by atoms with E-state index >= 15 is 0 Å². The number of hydrogen-bond acceptors (Lipinski definition) is 3. The maximum Gasteiger partial charge on any atom is 0.0385 e. The minimum absolute atomic E-state index is 0. The van der Waals surface area contributed by atoms with Crippen molar-refractivity contribution in [3.8, 4) is 0 Å². The number of hydrogen-bond donors (Lipinski definition) is 1. The molecule has 1 fully saturated rings. The monoisotopic (exact) mass is 233 g/mol. The lowest BCUT2D eigenvalue weighted by atomic mass is 9.94. The molecule has 88 valence electrons. The van der Waals surface area contributed by atoms with Crippen molar-refractivity contribution >= 4 is 12.4 Å². The zero-order valence-electron chi connectivity index (χ0n) is 9.01. The molecule has 1 heterocycles. The molecule has 0 aromatic carbocycles. The van der Waals surface area contributed by atoms with Crippen LogP contribution in [-0.4, -0.2) is 37.6 Å². The quantitative estimate of drug-likeness (QED) is 0.446. The van der Waals surface area contributed by atoms with Crippen molar-refractivity contribution in [1.82, 2.24) is 4.90 Å². The summed E-state index contributed by atoms with van der Waals surface area (Å²) >= 11 is 0. The average Bonchev–Trinajstić information content (AvgIpc) is 2.21. The van der Waals surface area contributed by atoms with Crippen LogP contribution in [0.3, 0.4) is 0 Å². The van der Waals surface area contributed by atoms with Gasteiger partial charge in [0, 0.05) is 18.0 Å². The minimum atomic E-state index is 0. The largest absolute Gasteiger partial charge is 0.330 e. The van der Waals surface area contributed by atoms with Crippen molar-refractivity contribution in [2.75, 3.05) is 32.7 Å². The first kappa shape index (κ1) is 14.5. The molecule has 15 heavy (non-hydrogen) atoms. The van der Waals surface area contributed by atoms with Gasteiger partial charge in [-0.3, -0.25) is 0 Å². The molecule has 0 unspecified atom stereocenters. The van der Waals surface area contributed by atoms with Crippen LogP contribution in [0.15, 0.2) is 5.11 Å². The highest BCUT2D eigenvalue weighted by atomic mass is 35.5. The van der Waals surface area contributed by atoms with Gasteiger partial charge in [-0.25, -0.2) is 0 Å². The molecule has 1 aliphatic rings. The van der Waals surface area contributed by atoms with E-state index < -0.39 is 0 Å². The molecule has 0 aliphatic carbocycles. The molecule has 1 saturated heterocycles. The fourth-order valence-corrected chi connectivity index (χ4v) is 1.97. The Kier molecular flexibility index (Phi) is 8.52. The first-order valence-electron chi connectivity index (χ1n) is 5.30. The number of azide groups is 1. The summed E-state index contributed by atoms with van der Waals surface area (Å²) in [7, 11) is 0. The van der Waals surface area contributed by atoms with Crippen molar-refractivity contribution in [2.45, 2.75) is 19.3 Å². The molecule has 0 saturated carbocycles. The van der Waals surface area contributed by atoms with Gasteiger partial charge in [0.15, 0.2) is 0 Å². The van der Waals surface area contributed by atoms with Gasteiger partial charge in [0.25, 0.3) is 0 Å². The van der Waals surface area contributed by atoms with Gasteiger partial charge >= 0.3 is 0 Å². The Balaban J connectivity index is 0.00000196. The van der Waals surface area contributed by atoms with E-state index in [1.807, 2.05) is 0 Å². The van der Waals surface area contributed by atoms with Crippen molar-refractivity contribution in [3.63, 3.8) is 0 Å². The maximum atomic E-state index is 8.13. The predicted octanol–water partition coefficient (Wildman–Crippen LogP) is 1.78. The highest BCUT2D eigenvalue weighted by molar-refractivity contribution is 5.85. The van der Waals surface area contributed by atoms with Crippen LogP contribution in [0.1, 0.15) is 19.3 Å². The van der Waals surface area contributed by atoms with E-state index in [2.05, 4.69) is 14.9 Å². The van der Waals surface area contributed by atoms with Gasteiger partial charge in [-0.05, 0) is 50.3 Å². The zero-order chi connectivity index (χ0) is 10.2. The molecule has 6 heteroatoms. The molecule has 1 rings (SSSR count). The molecule has 5 nitrogen and oxygen atoms in total. The van der Waals surface area contributed by atoms with Crippen molar-refractivity contribution in [3.05, 3.63) is 10.4 Å². The zero-order valence-corrected chi connectivity index (χ0v) is 9.83. The van der Waals surface area contributed by atoms with Gasteiger partial charge in [-0.1, -0.05) is 5.11 Å². The second-order valence-electron chi connectivity index (χ2n) is 3.82. The molecule has 0 atom stereocenters. The van der Waals surface area contributed by atoms with Gasteiger partial charge in [-0.15, -0.1) is 12.4 Å². The fourth-order valence-electron chi connectivity index (χ4n) is 1.97. The smallest absolute Gasteiger partial charge is 0.0385 e. The van der Waals surface area contributed by atoms with E-state index in [9.17, 15) is 0 Å².